The summed E-state index contributed by atoms with van der Waals surface area (Å²) in [6, 6.07) is 5.70. The molecule has 0 radical (unpaired) electrons. The fraction of sp³-hybridized carbons (Fsp3) is 0.350. The Labute approximate surface area is 168 Å². The van der Waals surface area contributed by atoms with Gasteiger partial charge in [0.2, 0.25) is 5.88 Å². The normalized spacial score (nSPS) is 13.8. The lowest BCUT2D eigenvalue weighted by atomic mass is 10.1. The van der Waals surface area contributed by atoms with Crippen LogP contribution in [0, 0.1) is 18.3 Å². The highest BCUT2D eigenvalue weighted by atomic mass is 16.5. The van der Waals surface area contributed by atoms with Crippen molar-refractivity contribution >= 4 is 11.6 Å². The van der Waals surface area contributed by atoms with E-state index in [1.54, 1.807) is 7.11 Å². The average molecular weight is 391 g/mol. The van der Waals surface area contributed by atoms with Gasteiger partial charge in [-0.3, -0.25) is 5.10 Å². The molecular formula is C20H21N7O2. The monoisotopic (exact) mass is 391 g/mol. The quantitative estimate of drug-likeness (QED) is 0.654. The molecule has 1 aliphatic rings. The zero-order valence-corrected chi connectivity index (χ0v) is 16.3. The Hall–Kier alpha value is -3.67. The first-order valence-electron chi connectivity index (χ1n) is 9.43. The van der Waals surface area contributed by atoms with Crippen molar-refractivity contribution in [2.24, 2.45) is 0 Å². The van der Waals surface area contributed by atoms with Gasteiger partial charge in [0.25, 0.3) is 0 Å². The van der Waals surface area contributed by atoms with Gasteiger partial charge in [0.1, 0.15) is 23.2 Å². The van der Waals surface area contributed by atoms with E-state index in [4.69, 9.17) is 14.7 Å². The zero-order valence-electron chi connectivity index (χ0n) is 16.3. The molecule has 1 aliphatic carbocycles. The van der Waals surface area contributed by atoms with Gasteiger partial charge in [0.05, 0.1) is 31.3 Å². The van der Waals surface area contributed by atoms with E-state index in [1.165, 1.54) is 25.2 Å². The molecule has 0 aromatic carbocycles. The highest BCUT2D eigenvalue weighted by molar-refractivity contribution is 5.75. The number of H-pyrrole nitrogens is 1. The minimum Gasteiger partial charge on any atom is -0.489 e. The summed E-state index contributed by atoms with van der Waals surface area (Å²) >= 11 is 0. The summed E-state index contributed by atoms with van der Waals surface area (Å²) in [4.78, 5) is 12.6. The van der Waals surface area contributed by atoms with Crippen molar-refractivity contribution < 1.29 is 9.47 Å². The number of nitrogens with one attached hydrogen (secondary N) is 2. The molecule has 3 aromatic rings. The zero-order chi connectivity index (χ0) is 20.2. The molecule has 0 aliphatic heterocycles. The lowest BCUT2D eigenvalue weighted by Gasteiger charge is -2.18. The van der Waals surface area contributed by atoms with Crippen LogP contribution in [0.15, 0.2) is 24.5 Å². The van der Waals surface area contributed by atoms with E-state index in [9.17, 15) is 0 Å². The predicted octanol–water partition coefficient (Wildman–Crippen LogP) is 3.52. The third kappa shape index (κ3) is 4.11. The number of ether oxygens (including phenoxy) is 2. The van der Waals surface area contributed by atoms with Gasteiger partial charge in [-0.25, -0.2) is 15.0 Å². The van der Waals surface area contributed by atoms with E-state index >= 15 is 0 Å². The van der Waals surface area contributed by atoms with Crippen LogP contribution >= 0.6 is 0 Å². The number of nitriles is 1. The molecule has 9 nitrogen and oxygen atoms in total. The summed E-state index contributed by atoms with van der Waals surface area (Å²) in [5, 5.41) is 19.2. The highest BCUT2D eigenvalue weighted by Crippen LogP contribution is 2.39. The number of aryl methyl sites for hydroxylation is 1. The van der Waals surface area contributed by atoms with Crippen LogP contribution in [0.2, 0.25) is 0 Å². The molecule has 1 saturated carbocycles. The van der Waals surface area contributed by atoms with Crippen molar-refractivity contribution in [1.82, 2.24) is 25.1 Å². The van der Waals surface area contributed by atoms with Gasteiger partial charge >= 0.3 is 0 Å². The number of rotatable bonds is 6. The predicted molar refractivity (Wildman–Crippen MR) is 106 cm³/mol. The molecule has 2 N–H and O–H groups in total. The van der Waals surface area contributed by atoms with Crippen molar-refractivity contribution in [1.29, 1.82) is 5.26 Å². The number of hydrogen-bond donors (Lipinski definition) is 2. The van der Waals surface area contributed by atoms with Gasteiger partial charge in [-0.2, -0.15) is 10.4 Å². The van der Waals surface area contributed by atoms with Crippen LogP contribution in [0.25, 0.3) is 11.3 Å². The van der Waals surface area contributed by atoms with Crippen molar-refractivity contribution in [3.63, 3.8) is 0 Å². The van der Waals surface area contributed by atoms with Gasteiger partial charge in [-0.05, 0) is 32.6 Å². The smallest absolute Gasteiger partial charge is 0.226 e. The molecule has 0 saturated heterocycles. The number of anilines is 2. The highest BCUT2D eigenvalue weighted by Gasteiger charge is 2.23. The summed E-state index contributed by atoms with van der Waals surface area (Å²) in [6.07, 6.45) is 7.56. The molecule has 29 heavy (non-hydrogen) atoms. The maximum Gasteiger partial charge on any atom is 0.226 e. The van der Waals surface area contributed by atoms with E-state index in [1.807, 2.05) is 25.1 Å². The number of nitrogens with zero attached hydrogens (tertiary/aromatic N) is 5. The Morgan fingerprint density at radius 1 is 1.17 bits per heavy atom. The Morgan fingerprint density at radius 2 is 2.00 bits per heavy atom. The summed E-state index contributed by atoms with van der Waals surface area (Å²) in [5.41, 5.74) is 2.52. The minimum absolute atomic E-state index is 0.203. The molecule has 0 atom stereocenters. The van der Waals surface area contributed by atoms with Crippen LogP contribution in [0.5, 0.6) is 11.6 Å². The topological polar surface area (TPSA) is 122 Å². The van der Waals surface area contributed by atoms with Crippen molar-refractivity contribution in [2.45, 2.75) is 38.7 Å². The number of aromatic amines is 1. The van der Waals surface area contributed by atoms with E-state index < -0.39 is 0 Å². The maximum atomic E-state index is 8.82. The molecule has 0 bridgehead atoms. The van der Waals surface area contributed by atoms with E-state index in [-0.39, 0.29) is 11.8 Å². The van der Waals surface area contributed by atoms with Crippen molar-refractivity contribution in [3.8, 4) is 29.0 Å². The first kappa shape index (κ1) is 18.7. The molecule has 0 unspecified atom stereocenters. The van der Waals surface area contributed by atoms with E-state index in [0.717, 1.165) is 29.8 Å². The summed E-state index contributed by atoms with van der Waals surface area (Å²) in [5.74, 6) is 2.24. The van der Waals surface area contributed by atoms with Crippen LogP contribution in [0.4, 0.5) is 11.6 Å². The second kappa shape index (κ2) is 8.14. The van der Waals surface area contributed by atoms with Gasteiger partial charge in [0.15, 0.2) is 11.5 Å². The molecule has 0 spiro atoms. The molecule has 0 amide bonds. The Balaban J connectivity index is 1.64. The molecule has 1 fully saturated rings. The summed E-state index contributed by atoms with van der Waals surface area (Å²) in [6.45, 7) is 1.91. The molecule has 4 rings (SSSR count). The minimum atomic E-state index is 0.203. The maximum absolute atomic E-state index is 8.82. The first-order valence-corrected chi connectivity index (χ1v) is 9.43. The van der Waals surface area contributed by atoms with Crippen LogP contribution in [0.1, 0.15) is 37.1 Å². The molecule has 3 aromatic heterocycles. The SMILES string of the molecule is COc1nc(C)cc(OC2CCCC2)c1-c1cc(Nc2cnc(C#N)cn2)n[nH]1. The van der Waals surface area contributed by atoms with Crippen molar-refractivity contribution in [3.05, 3.63) is 35.9 Å². The largest absolute Gasteiger partial charge is 0.489 e. The fourth-order valence-corrected chi connectivity index (χ4v) is 3.39. The number of pyridine rings is 1. The van der Waals surface area contributed by atoms with Crippen molar-refractivity contribution in [2.75, 3.05) is 12.4 Å². The number of hydrogen-bond acceptors (Lipinski definition) is 8. The average Bonchev–Trinajstić information content (AvgIpc) is 3.40. The van der Waals surface area contributed by atoms with Crippen LogP contribution < -0.4 is 14.8 Å². The van der Waals surface area contributed by atoms with Gasteiger partial charge < -0.3 is 14.8 Å². The fourth-order valence-electron chi connectivity index (χ4n) is 3.39. The number of aromatic nitrogens is 5. The molecule has 148 valence electrons. The van der Waals surface area contributed by atoms with Crippen LogP contribution in [0.3, 0.4) is 0 Å². The third-order valence-corrected chi connectivity index (χ3v) is 4.74. The standard InChI is InChI=1S/C20H21N7O2/c1-12-7-16(29-14-5-3-4-6-14)19(20(24-12)28-2)15-8-17(27-26-15)25-18-11-22-13(9-21)10-23-18/h7-8,10-11,14H,3-6H2,1-2H3,(H2,23,25,26,27). The van der Waals surface area contributed by atoms with Gasteiger partial charge in [0, 0.05) is 17.8 Å². The Morgan fingerprint density at radius 3 is 2.69 bits per heavy atom. The van der Waals surface area contributed by atoms with E-state index in [0.29, 0.717) is 23.2 Å². The number of methoxy groups -OCH3 is 1. The first-order chi connectivity index (χ1) is 14.2. The van der Waals surface area contributed by atoms with E-state index in [2.05, 4.69) is 30.5 Å². The van der Waals surface area contributed by atoms with Gasteiger partial charge in [-0.1, -0.05) is 0 Å². The molecule has 3 heterocycles. The second-order valence-electron chi connectivity index (χ2n) is 6.86. The second-order valence-corrected chi connectivity index (χ2v) is 6.86. The third-order valence-electron chi connectivity index (χ3n) is 4.74. The summed E-state index contributed by atoms with van der Waals surface area (Å²) in [7, 11) is 1.59. The Kier molecular flexibility index (Phi) is 5.24. The lowest BCUT2D eigenvalue weighted by Crippen LogP contribution is -2.12. The molecule has 9 heteroatoms. The van der Waals surface area contributed by atoms with Gasteiger partial charge in [-0.15, -0.1) is 0 Å². The Bertz CT molecular complexity index is 1030. The van der Waals surface area contributed by atoms with Crippen LogP contribution in [-0.2, 0) is 0 Å². The van der Waals surface area contributed by atoms with Crippen LogP contribution in [-0.4, -0.2) is 38.4 Å². The lowest BCUT2D eigenvalue weighted by molar-refractivity contribution is 0.209. The molecular weight excluding hydrogens is 370 g/mol. The summed E-state index contributed by atoms with van der Waals surface area (Å²) < 4.78 is 11.8.